The number of aryl methyl sites for hydroxylation is 1. The molecule has 4 heterocycles. The minimum absolute atomic E-state index is 0.0200. The van der Waals surface area contributed by atoms with Crippen LogP contribution in [0.1, 0.15) is 30.9 Å². The maximum Gasteiger partial charge on any atom is 0.290 e. The number of ether oxygens (including phenoxy) is 2. The molecule has 0 saturated carbocycles. The average Bonchev–Trinajstić information content (AvgIpc) is 3.21. The second-order valence-electron chi connectivity index (χ2n) is 8.27. The van der Waals surface area contributed by atoms with Crippen molar-refractivity contribution in [1.29, 1.82) is 0 Å². The normalized spacial score (nSPS) is 17.4. The number of thioether (sulfide) groups is 1. The van der Waals surface area contributed by atoms with Crippen LogP contribution in [-0.4, -0.2) is 50.3 Å². The topological polar surface area (TPSA) is 119 Å². The summed E-state index contributed by atoms with van der Waals surface area (Å²) in [5, 5.41) is 1.86. The molecule has 0 unspecified atom stereocenters. The first-order valence-corrected chi connectivity index (χ1v) is 12.4. The summed E-state index contributed by atoms with van der Waals surface area (Å²) in [6, 6.07) is 8.82. The summed E-state index contributed by atoms with van der Waals surface area (Å²) in [7, 11) is 0. The molecule has 36 heavy (non-hydrogen) atoms. The van der Waals surface area contributed by atoms with Crippen molar-refractivity contribution in [2.75, 3.05) is 18.0 Å². The van der Waals surface area contributed by atoms with Gasteiger partial charge in [-0.1, -0.05) is 19.1 Å². The Labute approximate surface area is 212 Å². The summed E-state index contributed by atoms with van der Waals surface area (Å²) < 4.78 is 12.0. The SMILES string of the molecule is CCc1cnc(N2CCC(Oc3cc(Oc4cccc(/C=C5\SC(=O)NC5=O)c4)ncn3)CC2)nc1. The Hall–Kier alpha value is -3.99. The lowest BCUT2D eigenvalue weighted by Crippen LogP contribution is -2.39. The third-order valence-electron chi connectivity index (χ3n) is 5.75. The van der Waals surface area contributed by atoms with Gasteiger partial charge in [-0.15, -0.1) is 0 Å². The molecule has 0 atom stereocenters. The zero-order valence-corrected chi connectivity index (χ0v) is 20.4. The van der Waals surface area contributed by atoms with Crippen LogP contribution in [0.15, 0.2) is 54.0 Å². The number of piperidine rings is 1. The van der Waals surface area contributed by atoms with E-state index in [0.717, 1.165) is 61.2 Å². The van der Waals surface area contributed by atoms with E-state index in [2.05, 4.69) is 37.1 Å². The summed E-state index contributed by atoms with van der Waals surface area (Å²) in [4.78, 5) is 43.0. The van der Waals surface area contributed by atoms with Gasteiger partial charge in [-0.05, 0) is 47.5 Å². The quantitative estimate of drug-likeness (QED) is 0.473. The van der Waals surface area contributed by atoms with Crippen LogP contribution in [0.2, 0.25) is 0 Å². The number of imide groups is 1. The monoisotopic (exact) mass is 504 g/mol. The van der Waals surface area contributed by atoms with Crippen LogP contribution in [0.5, 0.6) is 17.5 Å². The van der Waals surface area contributed by atoms with Gasteiger partial charge < -0.3 is 14.4 Å². The Kier molecular flexibility index (Phi) is 7.08. The molecular formula is C25H24N6O4S. The highest BCUT2D eigenvalue weighted by molar-refractivity contribution is 8.18. The van der Waals surface area contributed by atoms with E-state index in [9.17, 15) is 9.59 Å². The van der Waals surface area contributed by atoms with Crippen molar-refractivity contribution in [3.05, 3.63) is 65.1 Å². The number of nitrogens with zero attached hydrogens (tertiary/aromatic N) is 5. The third-order valence-corrected chi connectivity index (χ3v) is 6.56. The minimum Gasteiger partial charge on any atom is -0.474 e. The van der Waals surface area contributed by atoms with Crippen LogP contribution >= 0.6 is 11.8 Å². The largest absolute Gasteiger partial charge is 0.474 e. The highest BCUT2D eigenvalue weighted by Crippen LogP contribution is 2.28. The molecule has 2 aromatic heterocycles. The second kappa shape index (κ2) is 10.7. The van der Waals surface area contributed by atoms with Crippen LogP contribution in [0.3, 0.4) is 0 Å². The van der Waals surface area contributed by atoms with Gasteiger partial charge in [0.2, 0.25) is 17.7 Å². The van der Waals surface area contributed by atoms with Crippen molar-refractivity contribution in [3.63, 3.8) is 0 Å². The molecule has 2 aliphatic rings. The Bertz CT molecular complexity index is 1290. The van der Waals surface area contributed by atoms with E-state index in [0.29, 0.717) is 22.4 Å². The number of nitrogens with one attached hydrogen (secondary N) is 1. The number of hydrogen-bond acceptors (Lipinski definition) is 10. The first-order chi connectivity index (χ1) is 17.6. The molecule has 11 heteroatoms. The number of anilines is 1. The molecule has 1 N–H and O–H groups in total. The molecule has 0 aliphatic carbocycles. The number of carbonyl (C=O) groups excluding carboxylic acids is 2. The first kappa shape index (κ1) is 23.7. The van der Waals surface area contributed by atoms with Gasteiger partial charge in [-0.25, -0.2) is 19.9 Å². The average molecular weight is 505 g/mol. The molecule has 3 aromatic rings. The number of aromatic nitrogens is 4. The van der Waals surface area contributed by atoms with Gasteiger partial charge in [-0.3, -0.25) is 14.9 Å². The van der Waals surface area contributed by atoms with Crippen molar-refractivity contribution in [1.82, 2.24) is 25.3 Å². The minimum atomic E-state index is -0.401. The second-order valence-corrected chi connectivity index (χ2v) is 9.29. The van der Waals surface area contributed by atoms with E-state index >= 15 is 0 Å². The van der Waals surface area contributed by atoms with E-state index in [1.54, 1.807) is 30.3 Å². The van der Waals surface area contributed by atoms with Crippen molar-refractivity contribution in [2.24, 2.45) is 0 Å². The molecule has 1 aromatic carbocycles. The molecule has 10 nitrogen and oxygen atoms in total. The lowest BCUT2D eigenvalue weighted by Gasteiger charge is -2.31. The fourth-order valence-corrected chi connectivity index (χ4v) is 4.52. The predicted octanol–water partition coefficient (Wildman–Crippen LogP) is 3.99. The van der Waals surface area contributed by atoms with Gasteiger partial charge in [0.25, 0.3) is 11.1 Å². The van der Waals surface area contributed by atoms with Crippen LogP contribution < -0.4 is 19.7 Å². The standard InChI is InChI=1S/C25H24N6O4S/c1-2-16-13-26-24(27-14-16)31-8-6-18(7-9-31)34-21-12-22(29-15-28-21)35-19-5-3-4-17(10-19)11-20-23(32)30-25(33)36-20/h3-5,10-15,18H,2,6-9H2,1H3,(H,30,32,33)/b20-11-. The van der Waals surface area contributed by atoms with Gasteiger partial charge in [0, 0.05) is 38.3 Å². The van der Waals surface area contributed by atoms with E-state index in [1.807, 2.05) is 18.5 Å². The lowest BCUT2D eigenvalue weighted by atomic mass is 10.1. The Balaban J connectivity index is 1.18. The molecule has 2 aliphatic heterocycles. The molecule has 5 rings (SSSR count). The third kappa shape index (κ3) is 5.80. The van der Waals surface area contributed by atoms with Gasteiger partial charge in [-0.2, -0.15) is 0 Å². The van der Waals surface area contributed by atoms with E-state index < -0.39 is 5.91 Å². The van der Waals surface area contributed by atoms with Gasteiger partial charge in [0.15, 0.2) is 0 Å². The van der Waals surface area contributed by atoms with Gasteiger partial charge in [0.1, 0.15) is 18.2 Å². The Morgan fingerprint density at radius 3 is 2.58 bits per heavy atom. The summed E-state index contributed by atoms with van der Waals surface area (Å²) >= 11 is 0.871. The molecule has 184 valence electrons. The molecule has 0 radical (unpaired) electrons. The van der Waals surface area contributed by atoms with Crippen LogP contribution in [0, 0.1) is 0 Å². The van der Waals surface area contributed by atoms with Crippen LogP contribution in [-0.2, 0) is 11.2 Å². The molecular weight excluding hydrogens is 480 g/mol. The van der Waals surface area contributed by atoms with Crippen molar-refractivity contribution in [2.45, 2.75) is 32.3 Å². The molecule has 2 saturated heterocycles. The molecule has 0 spiro atoms. The first-order valence-electron chi connectivity index (χ1n) is 11.6. The van der Waals surface area contributed by atoms with E-state index in [4.69, 9.17) is 9.47 Å². The van der Waals surface area contributed by atoms with Crippen LogP contribution in [0.4, 0.5) is 10.7 Å². The fourth-order valence-electron chi connectivity index (χ4n) is 3.84. The zero-order valence-electron chi connectivity index (χ0n) is 19.6. The summed E-state index contributed by atoms with van der Waals surface area (Å²) in [5.74, 6) is 1.67. The molecule has 2 fully saturated rings. The number of rotatable bonds is 7. The zero-order chi connectivity index (χ0) is 24.9. The van der Waals surface area contributed by atoms with Gasteiger partial charge >= 0.3 is 0 Å². The number of amides is 2. The fraction of sp³-hybridized carbons (Fsp3) is 0.280. The highest BCUT2D eigenvalue weighted by Gasteiger charge is 2.25. The molecule has 2 amide bonds. The van der Waals surface area contributed by atoms with E-state index in [1.165, 1.54) is 6.33 Å². The summed E-state index contributed by atoms with van der Waals surface area (Å²) in [6.45, 7) is 3.69. The smallest absolute Gasteiger partial charge is 0.290 e. The predicted molar refractivity (Wildman–Crippen MR) is 135 cm³/mol. The van der Waals surface area contributed by atoms with Gasteiger partial charge in [0.05, 0.1) is 11.0 Å². The maximum atomic E-state index is 11.8. The van der Waals surface area contributed by atoms with Crippen molar-refractivity contribution < 1.29 is 19.1 Å². The van der Waals surface area contributed by atoms with Crippen molar-refractivity contribution >= 4 is 34.9 Å². The molecule has 0 bridgehead atoms. The maximum absolute atomic E-state index is 11.8. The number of carbonyl (C=O) groups is 2. The van der Waals surface area contributed by atoms with E-state index in [-0.39, 0.29) is 11.3 Å². The Morgan fingerprint density at radius 1 is 1.08 bits per heavy atom. The number of benzene rings is 1. The summed E-state index contributed by atoms with van der Waals surface area (Å²) in [5.41, 5.74) is 1.85. The van der Waals surface area contributed by atoms with Crippen molar-refractivity contribution in [3.8, 4) is 17.5 Å². The highest BCUT2D eigenvalue weighted by atomic mass is 32.2. The lowest BCUT2D eigenvalue weighted by molar-refractivity contribution is -0.115. The number of hydrogen-bond donors (Lipinski definition) is 1. The van der Waals surface area contributed by atoms with Crippen LogP contribution in [0.25, 0.3) is 6.08 Å². The summed E-state index contributed by atoms with van der Waals surface area (Å²) in [6.07, 6.45) is 9.39. The Morgan fingerprint density at radius 2 is 1.86 bits per heavy atom.